The lowest BCUT2D eigenvalue weighted by Crippen LogP contribution is -2.28. The highest BCUT2D eigenvalue weighted by molar-refractivity contribution is 5.94. The molecule has 0 bridgehead atoms. The molecule has 0 unspecified atom stereocenters. The third kappa shape index (κ3) is 7.11. The molecule has 0 spiro atoms. The van der Waals surface area contributed by atoms with E-state index in [-0.39, 0.29) is 0 Å². The fourth-order valence-corrected chi connectivity index (χ4v) is 9.85. The molecule has 0 fully saturated rings. The van der Waals surface area contributed by atoms with E-state index in [0.717, 1.165) is 72.6 Å². The monoisotopic (exact) mass is 855 g/mol. The quantitative estimate of drug-likeness (QED) is 0.145. The molecule has 9 aromatic carbocycles. The van der Waals surface area contributed by atoms with Crippen LogP contribution in [-0.4, -0.2) is 24.9 Å². The normalized spacial score (nSPS) is 12.3. The van der Waals surface area contributed by atoms with E-state index in [1.54, 1.807) is 6.33 Å². The fourth-order valence-electron chi connectivity index (χ4n) is 9.85. The van der Waals surface area contributed by atoms with E-state index >= 15 is 0 Å². The van der Waals surface area contributed by atoms with Crippen molar-refractivity contribution in [2.24, 2.45) is 0 Å². The van der Waals surface area contributed by atoms with E-state index in [0.29, 0.717) is 17.5 Å². The average molecular weight is 856 g/mol. The van der Waals surface area contributed by atoms with E-state index in [9.17, 15) is 0 Å². The van der Waals surface area contributed by atoms with Crippen molar-refractivity contribution in [1.82, 2.24) is 24.9 Å². The molecule has 0 saturated heterocycles. The van der Waals surface area contributed by atoms with Crippen LogP contribution >= 0.6 is 0 Å². The van der Waals surface area contributed by atoms with Crippen molar-refractivity contribution in [3.8, 4) is 90.1 Å². The molecule has 11 aromatic rings. The Hall–Kier alpha value is -8.93. The van der Waals surface area contributed by atoms with Crippen molar-refractivity contribution in [2.45, 2.75) is 5.41 Å². The van der Waals surface area contributed by atoms with Gasteiger partial charge in [0.05, 0.1) is 16.8 Å². The molecule has 314 valence electrons. The number of fused-ring (bicyclic) bond motifs is 3. The summed E-state index contributed by atoms with van der Waals surface area (Å²) in [4.78, 5) is 25.9. The fraction of sp³-hybridized carbons (Fsp3) is 0.0161. The van der Waals surface area contributed by atoms with Crippen molar-refractivity contribution in [3.63, 3.8) is 0 Å². The number of hydrogen-bond acceptors (Lipinski definition) is 5. The molecule has 5 nitrogen and oxygen atoms in total. The Morgan fingerprint density at radius 3 is 1.22 bits per heavy atom. The van der Waals surface area contributed by atoms with E-state index in [4.69, 9.17) is 24.9 Å². The second-order valence-electron chi connectivity index (χ2n) is 16.8. The van der Waals surface area contributed by atoms with Crippen LogP contribution in [0.4, 0.5) is 0 Å². The smallest absolute Gasteiger partial charge is 0.164 e. The Morgan fingerprint density at radius 2 is 0.687 bits per heavy atom. The third-order valence-corrected chi connectivity index (χ3v) is 12.9. The molecule has 1 aliphatic carbocycles. The lowest BCUT2D eigenvalue weighted by atomic mass is 9.67. The molecule has 5 heteroatoms. The molecule has 0 saturated carbocycles. The van der Waals surface area contributed by atoms with Crippen LogP contribution in [0.1, 0.15) is 22.3 Å². The Morgan fingerprint density at radius 1 is 0.254 bits per heavy atom. The molecule has 67 heavy (non-hydrogen) atoms. The number of hydrogen-bond donors (Lipinski definition) is 0. The van der Waals surface area contributed by atoms with Crippen molar-refractivity contribution in [1.29, 1.82) is 0 Å². The van der Waals surface area contributed by atoms with Gasteiger partial charge in [-0.1, -0.05) is 206 Å². The zero-order valence-electron chi connectivity index (χ0n) is 36.4. The summed E-state index contributed by atoms with van der Waals surface area (Å²) in [6.07, 6.45) is 1.68. The number of aromatic nitrogens is 5. The lowest BCUT2D eigenvalue weighted by molar-refractivity contribution is 0.768. The zero-order valence-corrected chi connectivity index (χ0v) is 36.4. The van der Waals surface area contributed by atoms with Crippen LogP contribution in [0.25, 0.3) is 90.1 Å². The highest BCUT2D eigenvalue weighted by Gasteiger charge is 2.46. The molecule has 0 amide bonds. The topological polar surface area (TPSA) is 64.5 Å². The summed E-state index contributed by atoms with van der Waals surface area (Å²) in [5.74, 6) is 1.73. The van der Waals surface area contributed by atoms with Gasteiger partial charge in [0.15, 0.2) is 17.5 Å². The summed E-state index contributed by atoms with van der Waals surface area (Å²) in [6, 6.07) is 85.4. The average Bonchev–Trinajstić information content (AvgIpc) is 3.72. The molecular weight excluding hydrogens is 815 g/mol. The van der Waals surface area contributed by atoms with Crippen LogP contribution in [0.3, 0.4) is 0 Å². The first-order chi connectivity index (χ1) is 33.2. The first-order valence-electron chi connectivity index (χ1n) is 22.6. The van der Waals surface area contributed by atoms with Crippen LogP contribution < -0.4 is 0 Å². The predicted molar refractivity (Wildman–Crippen MR) is 271 cm³/mol. The molecule has 0 aliphatic heterocycles. The van der Waals surface area contributed by atoms with Gasteiger partial charge in [-0.15, -0.1) is 0 Å². The summed E-state index contributed by atoms with van der Waals surface area (Å²) in [6.45, 7) is 0. The molecule has 0 radical (unpaired) electrons. The second-order valence-corrected chi connectivity index (χ2v) is 16.8. The van der Waals surface area contributed by atoms with Gasteiger partial charge >= 0.3 is 0 Å². The van der Waals surface area contributed by atoms with Gasteiger partial charge in [-0.3, -0.25) is 0 Å². The van der Waals surface area contributed by atoms with Gasteiger partial charge in [0.2, 0.25) is 0 Å². The Bertz CT molecular complexity index is 3390. The van der Waals surface area contributed by atoms with Crippen LogP contribution in [0.2, 0.25) is 0 Å². The van der Waals surface area contributed by atoms with Crippen molar-refractivity contribution >= 4 is 0 Å². The maximum atomic E-state index is 5.36. The Kier molecular flexibility index (Phi) is 9.99. The van der Waals surface area contributed by atoms with Gasteiger partial charge in [-0.25, -0.2) is 24.9 Å². The molecule has 12 rings (SSSR count). The Balaban J connectivity index is 1.15. The minimum Gasteiger partial charge on any atom is -0.236 e. The van der Waals surface area contributed by atoms with Crippen molar-refractivity contribution in [2.75, 3.05) is 0 Å². The van der Waals surface area contributed by atoms with Crippen LogP contribution in [0.15, 0.2) is 249 Å². The molecule has 0 atom stereocenters. The van der Waals surface area contributed by atoms with E-state index in [1.807, 2.05) is 60.7 Å². The highest BCUT2D eigenvalue weighted by Crippen LogP contribution is 2.58. The highest BCUT2D eigenvalue weighted by atomic mass is 15.0. The van der Waals surface area contributed by atoms with Gasteiger partial charge in [0, 0.05) is 27.8 Å². The third-order valence-electron chi connectivity index (χ3n) is 12.9. The van der Waals surface area contributed by atoms with Gasteiger partial charge < -0.3 is 0 Å². The molecule has 2 aromatic heterocycles. The first-order valence-corrected chi connectivity index (χ1v) is 22.6. The summed E-state index contributed by atoms with van der Waals surface area (Å²) < 4.78 is 0. The number of nitrogens with zero attached hydrogens (tertiary/aromatic N) is 5. The predicted octanol–water partition coefficient (Wildman–Crippen LogP) is 14.7. The zero-order chi connectivity index (χ0) is 44.6. The Labute approximate surface area is 389 Å². The summed E-state index contributed by atoms with van der Waals surface area (Å²) in [5, 5.41) is 0. The molecular formula is C62H41N5. The number of rotatable bonds is 9. The van der Waals surface area contributed by atoms with Gasteiger partial charge in [-0.05, 0) is 92.0 Å². The second kappa shape index (κ2) is 16.9. The molecule has 1 aliphatic rings. The maximum absolute atomic E-state index is 5.36. The van der Waals surface area contributed by atoms with E-state index in [1.165, 1.54) is 22.3 Å². The molecule has 0 N–H and O–H groups in total. The minimum absolute atomic E-state index is 0.550. The van der Waals surface area contributed by atoms with Crippen molar-refractivity contribution < 1.29 is 0 Å². The summed E-state index contributed by atoms with van der Waals surface area (Å²) in [7, 11) is 0. The first kappa shape index (κ1) is 39.6. The van der Waals surface area contributed by atoms with E-state index in [2.05, 4.69) is 182 Å². The van der Waals surface area contributed by atoms with Gasteiger partial charge in [0.25, 0.3) is 0 Å². The summed E-state index contributed by atoms with van der Waals surface area (Å²) in [5.41, 5.74) is 16.9. The minimum atomic E-state index is -0.651. The SMILES string of the molecule is c1ccc(-c2cc(-c3ccccc3)cc(-c3cc(-c4cc5c(cc4-c4nc(-c6ccccc6)nc(-c6ccccc6)n4)C(c4ccccc4)(c4ccccc4)c4ccccc4-5)ncn3)c2)cc1. The summed E-state index contributed by atoms with van der Waals surface area (Å²) >= 11 is 0. The largest absolute Gasteiger partial charge is 0.236 e. The lowest BCUT2D eigenvalue weighted by Gasteiger charge is -2.34. The maximum Gasteiger partial charge on any atom is 0.164 e. The van der Waals surface area contributed by atoms with Crippen LogP contribution in [0, 0.1) is 0 Å². The number of benzene rings is 9. The standard InChI is InChI=1S/C62H41N5/c1-7-21-42(22-8-1)46-35-47(43-23-9-2-10-24-43)37-48(36-46)57-40-58(64-41-63-57)53-38-52-51-33-19-20-34-55(51)62(49-29-15-5-16-30-49,50-31-17-6-18-32-50)56(52)39-54(53)61-66-59(44-25-11-3-12-26-44)65-60(67-61)45-27-13-4-14-28-45/h1-41H. The van der Waals surface area contributed by atoms with Crippen LogP contribution in [-0.2, 0) is 5.41 Å². The van der Waals surface area contributed by atoms with Gasteiger partial charge in [0.1, 0.15) is 6.33 Å². The van der Waals surface area contributed by atoms with Gasteiger partial charge in [-0.2, -0.15) is 0 Å². The molecule has 2 heterocycles. The van der Waals surface area contributed by atoms with Crippen molar-refractivity contribution in [3.05, 3.63) is 271 Å². The van der Waals surface area contributed by atoms with E-state index < -0.39 is 5.41 Å². The van der Waals surface area contributed by atoms with Crippen LogP contribution in [0.5, 0.6) is 0 Å².